The molecule has 0 amide bonds. The van der Waals surface area contributed by atoms with E-state index in [2.05, 4.69) is 0 Å². The van der Waals surface area contributed by atoms with Crippen LogP contribution in [0.15, 0.2) is 48.5 Å². The van der Waals surface area contributed by atoms with E-state index in [4.69, 9.17) is 4.74 Å². The quantitative estimate of drug-likeness (QED) is 0.869. The van der Waals surface area contributed by atoms with Crippen LogP contribution in [-0.2, 0) is 0 Å². The van der Waals surface area contributed by atoms with Crippen LogP contribution in [0.1, 0.15) is 30.6 Å². The van der Waals surface area contributed by atoms with Gasteiger partial charge >= 0.3 is 0 Å². The minimum Gasteiger partial charge on any atom is -0.457 e. The van der Waals surface area contributed by atoms with E-state index in [-0.39, 0.29) is 0 Å². The average molecular weight is 242 g/mol. The van der Waals surface area contributed by atoms with E-state index in [1.165, 1.54) is 5.56 Å². The Morgan fingerprint density at radius 2 is 1.72 bits per heavy atom. The number of para-hydroxylation sites is 1. The summed E-state index contributed by atoms with van der Waals surface area (Å²) in [5.41, 5.74) is 2.03. The maximum Gasteiger partial charge on any atom is 0.133 e. The lowest BCUT2D eigenvalue weighted by Crippen LogP contribution is -1.98. The van der Waals surface area contributed by atoms with Gasteiger partial charge in [-0.15, -0.1) is 0 Å². The highest BCUT2D eigenvalue weighted by atomic mass is 16.5. The van der Waals surface area contributed by atoms with Gasteiger partial charge < -0.3 is 9.84 Å². The summed E-state index contributed by atoms with van der Waals surface area (Å²) in [7, 11) is 0. The highest BCUT2D eigenvalue weighted by molar-refractivity contribution is 5.39. The molecule has 0 aliphatic rings. The van der Waals surface area contributed by atoms with Crippen molar-refractivity contribution in [1.82, 2.24) is 0 Å². The Hall–Kier alpha value is -1.80. The molecule has 94 valence electrons. The van der Waals surface area contributed by atoms with Gasteiger partial charge in [0.2, 0.25) is 0 Å². The fraction of sp³-hybridized carbons (Fsp3) is 0.250. The SMILES string of the molecule is CC[C@H](O)c1ccccc1Oc1ccc(C)cc1. The smallest absolute Gasteiger partial charge is 0.133 e. The second-order valence-corrected chi connectivity index (χ2v) is 4.38. The predicted molar refractivity (Wildman–Crippen MR) is 72.9 cm³/mol. The molecule has 18 heavy (non-hydrogen) atoms. The third kappa shape index (κ3) is 2.90. The number of hydrogen-bond acceptors (Lipinski definition) is 2. The fourth-order valence-corrected chi connectivity index (χ4v) is 1.80. The van der Waals surface area contributed by atoms with E-state index < -0.39 is 6.10 Å². The van der Waals surface area contributed by atoms with Crippen molar-refractivity contribution in [3.63, 3.8) is 0 Å². The molecule has 2 rings (SSSR count). The maximum atomic E-state index is 9.95. The van der Waals surface area contributed by atoms with Gasteiger partial charge in [0.25, 0.3) is 0 Å². The highest BCUT2D eigenvalue weighted by Crippen LogP contribution is 2.30. The number of hydrogen-bond donors (Lipinski definition) is 1. The summed E-state index contributed by atoms with van der Waals surface area (Å²) in [6, 6.07) is 15.5. The lowest BCUT2D eigenvalue weighted by Gasteiger charge is -2.14. The first-order chi connectivity index (χ1) is 8.70. The molecule has 0 aliphatic carbocycles. The van der Waals surface area contributed by atoms with Crippen molar-refractivity contribution in [3.05, 3.63) is 59.7 Å². The van der Waals surface area contributed by atoms with Gasteiger partial charge in [-0.2, -0.15) is 0 Å². The Bertz CT molecular complexity index is 503. The summed E-state index contributed by atoms with van der Waals surface area (Å²) in [4.78, 5) is 0. The van der Waals surface area contributed by atoms with Crippen molar-refractivity contribution < 1.29 is 9.84 Å². The van der Waals surface area contributed by atoms with Crippen LogP contribution in [0.3, 0.4) is 0 Å². The zero-order chi connectivity index (χ0) is 13.0. The lowest BCUT2D eigenvalue weighted by atomic mass is 10.1. The molecular weight excluding hydrogens is 224 g/mol. The monoisotopic (exact) mass is 242 g/mol. The zero-order valence-corrected chi connectivity index (χ0v) is 10.8. The van der Waals surface area contributed by atoms with Crippen LogP contribution in [-0.4, -0.2) is 5.11 Å². The van der Waals surface area contributed by atoms with Gasteiger partial charge in [-0.1, -0.05) is 42.8 Å². The second kappa shape index (κ2) is 5.69. The Morgan fingerprint density at radius 1 is 1.06 bits per heavy atom. The van der Waals surface area contributed by atoms with Crippen LogP contribution in [0.2, 0.25) is 0 Å². The summed E-state index contributed by atoms with van der Waals surface area (Å²) < 4.78 is 5.83. The first-order valence-corrected chi connectivity index (χ1v) is 6.22. The largest absolute Gasteiger partial charge is 0.457 e. The van der Waals surface area contributed by atoms with Gasteiger partial charge in [-0.3, -0.25) is 0 Å². The number of aliphatic hydroxyl groups is 1. The molecule has 0 fully saturated rings. The van der Waals surface area contributed by atoms with Crippen LogP contribution < -0.4 is 4.74 Å². The molecule has 1 atom stereocenters. The van der Waals surface area contributed by atoms with Crippen molar-refractivity contribution in [2.75, 3.05) is 0 Å². The van der Waals surface area contributed by atoms with Gasteiger partial charge in [0, 0.05) is 5.56 Å². The Balaban J connectivity index is 2.26. The number of benzene rings is 2. The number of aryl methyl sites for hydroxylation is 1. The lowest BCUT2D eigenvalue weighted by molar-refractivity contribution is 0.170. The molecule has 0 aromatic heterocycles. The molecule has 0 bridgehead atoms. The molecule has 0 radical (unpaired) electrons. The molecule has 1 N–H and O–H groups in total. The van der Waals surface area contributed by atoms with Crippen LogP contribution in [0.5, 0.6) is 11.5 Å². The molecule has 0 aliphatic heterocycles. The van der Waals surface area contributed by atoms with Gasteiger partial charge in [0.05, 0.1) is 6.10 Å². The van der Waals surface area contributed by atoms with E-state index in [0.29, 0.717) is 6.42 Å². The van der Waals surface area contributed by atoms with Gasteiger partial charge in [0.1, 0.15) is 11.5 Å². The molecule has 2 nitrogen and oxygen atoms in total. The van der Waals surface area contributed by atoms with E-state index in [1.807, 2.05) is 62.4 Å². The van der Waals surface area contributed by atoms with E-state index in [1.54, 1.807) is 0 Å². The standard InChI is InChI=1S/C16H18O2/c1-3-15(17)14-6-4-5-7-16(14)18-13-10-8-12(2)9-11-13/h4-11,15,17H,3H2,1-2H3/t15-/m0/s1. The van der Waals surface area contributed by atoms with Crippen LogP contribution in [0.25, 0.3) is 0 Å². The normalized spacial score (nSPS) is 12.2. The highest BCUT2D eigenvalue weighted by Gasteiger charge is 2.11. The van der Waals surface area contributed by atoms with Gasteiger partial charge in [0.15, 0.2) is 0 Å². The third-order valence-corrected chi connectivity index (χ3v) is 2.91. The van der Waals surface area contributed by atoms with Crippen molar-refractivity contribution in [3.8, 4) is 11.5 Å². The predicted octanol–water partition coefficient (Wildman–Crippen LogP) is 4.23. The Kier molecular flexibility index (Phi) is 4.00. The van der Waals surface area contributed by atoms with Crippen molar-refractivity contribution >= 4 is 0 Å². The summed E-state index contributed by atoms with van der Waals surface area (Å²) >= 11 is 0. The molecule has 2 aromatic carbocycles. The van der Waals surface area contributed by atoms with Gasteiger partial charge in [-0.25, -0.2) is 0 Å². The van der Waals surface area contributed by atoms with E-state index in [9.17, 15) is 5.11 Å². The number of rotatable bonds is 4. The summed E-state index contributed by atoms with van der Waals surface area (Å²) in [6.07, 6.45) is 0.195. The fourth-order valence-electron chi connectivity index (χ4n) is 1.80. The molecule has 0 spiro atoms. The summed E-state index contributed by atoms with van der Waals surface area (Å²) in [5.74, 6) is 1.51. The second-order valence-electron chi connectivity index (χ2n) is 4.38. The molecule has 0 heterocycles. The first-order valence-electron chi connectivity index (χ1n) is 6.22. The minimum atomic E-state index is -0.480. The van der Waals surface area contributed by atoms with Crippen LogP contribution >= 0.6 is 0 Å². The molecule has 2 aromatic rings. The minimum absolute atomic E-state index is 0.480. The third-order valence-electron chi connectivity index (χ3n) is 2.91. The van der Waals surface area contributed by atoms with Crippen LogP contribution in [0.4, 0.5) is 0 Å². The Morgan fingerprint density at radius 3 is 2.39 bits per heavy atom. The molecule has 0 unspecified atom stereocenters. The Labute approximate surface area is 108 Å². The molecule has 2 heteroatoms. The topological polar surface area (TPSA) is 29.5 Å². The average Bonchev–Trinajstić information content (AvgIpc) is 2.41. The van der Waals surface area contributed by atoms with Crippen molar-refractivity contribution in [2.45, 2.75) is 26.4 Å². The van der Waals surface area contributed by atoms with Crippen molar-refractivity contribution in [1.29, 1.82) is 0 Å². The number of aliphatic hydroxyl groups excluding tert-OH is 1. The zero-order valence-electron chi connectivity index (χ0n) is 10.8. The first kappa shape index (κ1) is 12.7. The summed E-state index contributed by atoms with van der Waals surface area (Å²) in [6.45, 7) is 3.99. The molecule has 0 saturated heterocycles. The van der Waals surface area contributed by atoms with Crippen molar-refractivity contribution in [2.24, 2.45) is 0 Å². The van der Waals surface area contributed by atoms with E-state index in [0.717, 1.165) is 17.1 Å². The van der Waals surface area contributed by atoms with E-state index >= 15 is 0 Å². The molecule has 0 saturated carbocycles. The van der Waals surface area contributed by atoms with Gasteiger partial charge in [-0.05, 0) is 31.5 Å². The summed E-state index contributed by atoms with van der Waals surface area (Å²) in [5, 5.41) is 9.95. The maximum absolute atomic E-state index is 9.95. The molecular formula is C16H18O2. The van der Waals surface area contributed by atoms with Crippen LogP contribution in [0, 0.1) is 6.92 Å². The number of ether oxygens (including phenoxy) is 1.